The summed E-state index contributed by atoms with van der Waals surface area (Å²) in [5, 5.41) is 0.584. The van der Waals surface area contributed by atoms with Crippen molar-refractivity contribution in [1.29, 1.82) is 0 Å². The van der Waals surface area contributed by atoms with Crippen LogP contribution >= 0.6 is 12.4 Å². The zero-order valence-corrected chi connectivity index (χ0v) is 16.5. The summed E-state index contributed by atoms with van der Waals surface area (Å²) in [6, 6.07) is 4.44. The van der Waals surface area contributed by atoms with Crippen LogP contribution in [0.25, 0.3) is 11.0 Å². The van der Waals surface area contributed by atoms with Crippen LogP contribution < -0.4 is 5.73 Å². The monoisotopic (exact) mass is 402 g/mol. The molecule has 0 spiro atoms. The lowest BCUT2D eigenvalue weighted by molar-refractivity contribution is 0.0491. The zero-order chi connectivity index (χ0) is 18.4. The Balaban J connectivity index is 0.00000243. The Labute approximate surface area is 158 Å². The molecule has 2 heterocycles. The molecule has 26 heavy (non-hydrogen) atoms. The van der Waals surface area contributed by atoms with E-state index in [1.165, 1.54) is 10.4 Å². The van der Waals surface area contributed by atoms with Gasteiger partial charge in [-0.15, -0.1) is 12.4 Å². The molecule has 3 rings (SSSR count). The number of hydrogen-bond acceptors (Lipinski definition) is 6. The third-order valence-corrected chi connectivity index (χ3v) is 6.47. The molecule has 9 heteroatoms. The maximum absolute atomic E-state index is 12.9. The number of esters is 1. The van der Waals surface area contributed by atoms with Gasteiger partial charge in [-0.25, -0.2) is 13.2 Å². The van der Waals surface area contributed by atoms with Crippen molar-refractivity contribution in [3.63, 3.8) is 0 Å². The van der Waals surface area contributed by atoms with E-state index in [9.17, 15) is 13.2 Å². The van der Waals surface area contributed by atoms with Gasteiger partial charge in [0.25, 0.3) is 0 Å². The topological polar surface area (TPSA) is 103 Å². The molecule has 1 aliphatic heterocycles. The van der Waals surface area contributed by atoms with E-state index >= 15 is 0 Å². The van der Waals surface area contributed by atoms with Gasteiger partial charge in [0.1, 0.15) is 5.58 Å². The van der Waals surface area contributed by atoms with Crippen LogP contribution in [0.2, 0.25) is 0 Å². The van der Waals surface area contributed by atoms with Crippen molar-refractivity contribution in [2.24, 2.45) is 11.7 Å². The smallest absolute Gasteiger partial charge is 0.374 e. The Morgan fingerprint density at radius 2 is 2.08 bits per heavy atom. The maximum Gasteiger partial charge on any atom is 0.374 e. The summed E-state index contributed by atoms with van der Waals surface area (Å²) in [6.07, 6.45) is 0. The second kappa shape index (κ2) is 7.56. The number of carbonyl (C=O) groups excluding carboxylic acids is 1. The fraction of sp³-hybridized carbons (Fsp3) is 0.471. The molecule has 0 amide bonds. The first-order valence-electron chi connectivity index (χ1n) is 8.21. The first-order chi connectivity index (χ1) is 11.8. The van der Waals surface area contributed by atoms with Crippen molar-refractivity contribution < 1.29 is 22.4 Å². The number of ether oxygens (including phenoxy) is 1. The molecule has 1 aromatic carbocycles. The third kappa shape index (κ3) is 3.46. The van der Waals surface area contributed by atoms with Gasteiger partial charge in [-0.2, -0.15) is 4.31 Å². The first kappa shape index (κ1) is 20.7. The van der Waals surface area contributed by atoms with Crippen LogP contribution in [0.15, 0.2) is 27.5 Å². The largest absolute Gasteiger partial charge is 0.460 e. The predicted molar refractivity (Wildman–Crippen MR) is 100 cm³/mol. The Morgan fingerprint density at radius 3 is 2.65 bits per heavy atom. The molecule has 1 fully saturated rings. The Morgan fingerprint density at radius 1 is 1.38 bits per heavy atom. The highest BCUT2D eigenvalue weighted by Crippen LogP contribution is 2.30. The summed E-state index contributed by atoms with van der Waals surface area (Å²) in [5.41, 5.74) is 6.97. The van der Waals surface area contributed by atoms with Crippen LogP contribution in [0.5, 0.6) is 0 Å². The SMILES string of the molecule is CCOC(=O)c1oc2ccc(S(=O)(=O)N3CC(C)C(N)C3)cc2c1C.Cl. The van der Waals surface area contributed by atoms with E-state index in [0.717, 1.165) is 0 Å². The number of halogens is 1. The molecule has 1 saturated heterocycles. The minimum absolute atomic E-state index is 0. The fourth-order valence-corrected chi connectivity index (χ4v) is 4.65. The lowest BCUT2D eigenvalue weighted by atomic mass is 10.1. The number of nitrogens with two attached hydrogens (primary N) is 1. The Kier molecular flexibility index (Phi) is 6.02. The number of aryl methyl sites for hydroxylation is 1. The predicted octanol–water partition coefficient (Wildman–Crippen LogP) is 2.31. The number of carbonyl (C=O) groups is 1. The van der Waals surface area contributed by atoms with Crippen molar-refractivity contribution in [2.75, 3.05) is 19.7 Å². The second-order valence-electron chi connectivity index (χ2n) is 6.40. The molecular formula is C17H23ClN2O5S. The van der Waals surface area contributed by atoms with Gasteiger partial charge < -0.3 is 14.9 Å². The van der Waals surface area contributed by atoms with Crippen LogP contribution in [-0.4, -0.2) is 44.4 Å². The standard InChI is InChI=1S/C17H22N2O5S.ClH/c1-4-23-17(20)16-11(3)13-7-12(5-6-15(13)24-16)25(21,22)19-8-10(2)14(18)9-19;/h5-7,10,14H,4,8-9,18H2,1-3H3;1H. The van der Waals surface area contributed by atoms with Crippen LogP contribution in [0.1, 0.15) is 30.0 Å². The molecule has 1 aliphatic rings. The van der Waals surface area contributed by atoms with E-state index in [0.29, 0.717) is 29.6 Å². The number of hydrogen-bond donors (Lipinski definition) is 1. The van der Waals surface area contributed by atoms with Gasteiger partial charge in [0.05, 0.1) is 11.5 Å². The van der Waals surface area contributed by atoms with Crippen molar-refractivity contribution in [1.82, 2.24) is 4.31 Å². The van der Waals surface area contributed by atoms with E-state index < -0.39 is 16.0 Å². The van der Waals surface area contributed by atoms with E-state index in [1.807, 2.05) is 6.92 Å². The first-order valence-corrected chi connectivity index (χ1v) is 9.65. The highest BCUT2D eigenvalue weighted by atomic mass is 35.5. The summed E-state index contributed by atoms with van der Waals surface area (Å²) in [5.74, 6) is -0.340. The molecule has 0 bridgehead atoms. The summed E-state index contributed by atoms with van der Waals surface area (Å²) < 4.78 is 37.7. The number of fused-ring (bicyclic) bond motifs is 1. The highest BCUT2D eigenvalue weighted by molar-refractivity contribution is 7.89. The average Bonchev–Trinajstić information content (AvgIpc) is 3.08. The molecule has 0 saturated carbocycles. The molecule has 1 aromatic heterocycles. The lowest BCUT2D eigenvalue weighted by Crippen LogP contribution is -2.32. The van der Waals surface area contributed by atoms with Gasteiger partial charge in [-0.05, 0) is 38.0 Å². The molecule has 2 atom stereocenters. The Bertz CT molecular complexity index is 915. The van der Waals surface area contributed by atoms with Gasteiger partial charge >= 0.3 is 5.97 Å². The molecule has 2 unspecified atom stereocenters. The minimum atomic E-state index is -3.64. The number of benzene rings is 1. The van der Waals surface area contributed by atoms with Crippen molar-refractivity contribution in [2.45, 2.75) is 31.7 Å². The number of sulfonamides is 1. The molecular weight excluding hydrogens is 380 g/mol. The summed E-state index contributed by atoms with van der Waals surface area (Å²) in [7, 11) is -3.64. The molecule has 0 aliphatic carbocycles. The Hall–Kier alpha value is -1.61. The molecule has 144 valence electrons. The van der Waals surface area contributed by atoms with Crippen molar-refractivity contribution in [3.8, 4) is 0 Å². The maximum atomic E-state index is 12.9. The summed E-state index contributed by atoms with van der Waals surface area (Å²) in [4.78, 5) is 12.1. The average molecular weight is 403 g/mol. The summed E-state index contributed by atoms with van der Waals surface area (Å²) >= 11 is 0. The van der Waals surface area contributed by atoms with Gasteiger partial charge in [0.15, 0.2) is 0 Å². The summed E-state index contributed by atoms with van der Waals surface area (Å²) in [6.45, 7) is 6.31. The highest BCUT2D eigenvalue weighted by Gasteiger charge is 2.35. The van der Waals surface area contributed by atoms with Gasteiger partial charge in [0, 0.05) is 30.1 Å². The molecule has 7 nitrogen and oxygen atoms in total. The number of furan rings is 1. The normalized spacial score (nSPS) is 20.9. The third-order valence-electron chi connectivity index (χ3n) is 4.64. The fourth-order valence-electron chi connectivity index (χ4n) is 3.04. The van der Waals surface area contributed by atoms with Crippen molar-refractivity contribution in [3.05, 3.63) is 29.5 Å². The van der Waals surface area contributed by atoms with Gasteiger partial charge in [0.2, 0.25) is 15.8 Å². The zero-order valence-electron chi connectivity index (χ0n) is 14.9. The van der Waals surface area contributed by atoms with E-state index in [4.69, 9.17) is 14.9 Å². The lowest BCUT2D eigenvalue weighted by Gasteiger charge is -2.16. The molecule has 2 N–H and O–H groups in total. The van der Waals surface area contributed by atoms with Gasteiger partial charge in [-0.3, -0.25) is 0 Å². The quantitative estimate of drug-likeness (QED) is 0.787. The minimum Gasteiger partial charge on any atom is -0.460 e. The van der Waals surface area contributed by atoms with Crippen LogP contribution in [0.4, 0.5) is 0 Å². The van der Waals surface area contributed by atoms with Gasteiger partial charge in [-0.1, -0.05) is 6.92 Å². The molecule has 0 radical (unpaired) electrons. The van der Waals surface area contributed by atoms with Crippen LogP contribution in [0.3, 0.4) is 0 Å². The van der Waals surface area contributed by atoms with Crippen LogP contribution in [0, 0.1) is 12.8 Å². The van der Waals surface area contributed by atoms with E-state index in [1.54, 1.807) is 26.0 Å². The second-order valence-corrected chi connectivity index (χ2v) is 8.34. The number of nitrogens with zero attached hydrogens (tertiary/aromatic N) is 1. The van der Waals surface area contributed by atoms with E-state index in [2.05, 4.69) is 0 Å². The number of rotatable bonds is 4. The van der Waals surface area contributed by atoms with Crippen LogP contribution in [-0.2, 0) is 14.8 Å². The van der Waals surface area contributed by atoms with E-state index in [-0.39, 0.29) is 41.6 Å². The molecule has 2 aromatic rings. The van der Waals surface area contributed by atoms with Crippen molar-refractivity contribution >= 4 is 39.4 Å².